The van der Waals surface area contributed by atoms with E-state index in [4.69, 9.17) is 13.9 Å². The first-order valence-corrected chi connectivity index (χ1v) is 8.51. The monoisotopic (exact) mass is 380 g/mol. The summed E-state index contributed by atoms with van der Waals surface area (Å²) in [7, 11) is 2.98. The van der Waals surface area contributed by atoms with E-state index in [1.54, 1.807) is 48.5 Å². The molecule has 2 amide bonds. The van der Waals surface area contributed by atoms with Crippen LogP contribution in [0.1, 0.15) is 26.5 Å². The van der Waals surface area contributed by atoms with Crippen LogP contribution in [0.25, 0.3) is 0 Å². The molecule has 2 N–H and O–H groups in total. The average molecular weight is 380 g/mol. The van der Waals surface area contributed by atoms with Crippen molar-refractivity contribution < 1.29 is 23.5 Å². The molecule has 0 unspecified atom stereocenters. The van der Waals surface area contributed by atoms with E-state index in [2.05, 4.69) is 10.6 Å². The number of anilines is 2. The van der Waals surface area contributed by atoms with Gasteiger partial charge in [-0.05, 0) is 55.0 Å². The third kappa shape index (κ3) is 3.98. The van der Waals surface area contributed by atoms with Gasteiger partial charge in [-0.25, -0.2) is 0 Å². The molecule has 0 bridgehead atoms. The minimum Gasteiger partial charge on any atom is -0.496 e. The zero-order valence-electron chi connectivity index (χ0n) is 15.7. The number of benzene rings is 2. The Balaban J connectivity index is 1.78. The van der Waals surface area contributed by atoms with E-state index >= 15 is 0 Å². The first-order valence-electron chi connectivity index (χ1n) is 8.51. The summed E-state index contributed by atoms with van der Waals surface area (Å²) in [6, 6.07) is 13.5. The van der Waals surface area contributed by atoms with Gasteiger partial charge in [-0.2, -0.15) is 0 Å². The zero-order chi connectivity index (χ0) is 20.1. The van der Waals surface area contributed by atoms with E-state index in [0.717, 1.165) is 5.56 Å². The molecule has 0 radical (unpaired) electrons. The van der Waals surface area contributed by atoms with E-state index in [1.165, 1.54) is 20.5 Å². The number of carbonyl (C=O) groups is 2. The molecule has 1 aromatic heterocycles. The van der Waals surface area contributed by atoms with Crippen molar-refractivity contribution in [2.24, 2.45) is 0 Å². The highest BCUT2D eigenvalue weighted by atomic mass is 16.5. The van der Waals surface area contributed by atoms with Crippen LogP contribution in [-0.2, 0) is 0 Å². The fourth-order valence-corrected chi connectivity index (χ4v) is 2.74. The van der Waals surface area contributed by atoms with Gasteiger partial charge in [0.1, 0.15) is 17.1 Å². The number of nitrogens with one attached hydrogen (secondary N) is 2. The molecule has 0 aliphatic carbocycles. The van der Waals surface area contributed by atoms with Crippen LogP contribution in [0.3, 0.4) is 0 Å². The lowest BCUT2D eigenvalue weighted by Crippen LogP contribution is -2.15. The van der Waals surface area contributed by atoms with Crippen LogP contribution < -0.4 is 20.1 Å². The summed E-state index contributed by atoms with van der Waals surface area (Å²) in [5, 5.41) is 5.60. The first kappa shape index (κ1) is 19.0. The molecular formula is C21H20N2O5. The standard InChI is InChI=1S/C21H20N2O5/c1-13-12-14(9-10-15(13)23-20(24)18-8-5-11-28-18)22-21(25)19-16(26-2)6-4-7-17(19)27-3/h4-12H,1-3H3,(H,22,25)(H,23,24). The number of aryl methyl sites for hydroxylation is 1. The summed E-state index contributed by atoms with van der Waals surface area (Å²) in [5.41, 5.74) is 2.28. The van der Waals surface area contributed by atoms with E-state index in [-0.39, 0.29) is 17.6 Å². The highest BCUT2D eigenvalue weighted by molar-refractivity contribution is 6.08. The Morgan fingerprint density at radius 3 is 2.18 bits per heavy atom. The van der Waals surface area contributed by atoms with Crippen LogP contribution in [-0.4, -0.2) is 26.0 Å². The van der Waals surface area contributed by atoms with Gasteiger partial charge in [-0.15, -0.1) is 0 Å². The minimum atomic E-state index is -0.360. The third-order valence-corrected chi connectivity index (χ3v) is 4.13. The number of hydrogen-bond donors (Lipinski definition) is 2. The van der Waals surface area contributed by atoms with E-state index in [9.17, 15) is 9.59 Å². The van der Waals surface area contributed by atoms with Gasteiger partial charge in [0.25, 0.3) is 11.8 Å². The number of rotatable bonds is 6. The number of hydrogen-bond acceptors (Lipinski definition) is 5. The minimum absolute atomic E-state index is 0.222. The van der Waals surface area contributed by atoms with Crippen molar-refractivity contribution in [3.8, 4) is 11.5 Å². The van der Waals surface area contributed by atoms with Gasteiger partial charge in [0, 0.05) is 11.4 Å². The van der Waals surface area contributed by atoms with Crippen LogP contribution in [0.15, 0.2) is 59.2 Å². The molecule has 144 valence electrons. The van der Waals surface area contributed by atoms with Crippen molar-refractivity contribution in [1.29, 1.82) is 0 Å². The molecule has 0 saturated carbocycles. The van der Waals surface area contributed by atoms with E-state index in [0.29, 0.717) is 28.4 Å². The fraction of sp³-hybridized carbons (Fsp3) is 0.143. The van der Waals surface area contributed by atoms with Crippen molar-refractivity contribution in [1.82, 2.24) is 0 Å². The Labute approximate surface area is 162 Å². The number of carbonyl (C=O) groups excluding carboxylic acids is 2. The lowest BCUT2D eigenvalue weighted by molar-refractivity contribution is 0.0993. The topological polar surface area (TPSA) is 89.8 Å². The van der Waals surface area contributed by atoms with Gasteiger partial charge in [0.05, 0.1) is 20.5 Å². The second-order valence-corrected chi connectivity index (χ2v) is 5.95. The van der Waals surface area contributed by atoms with E-state index in [1.807, 2.05) is 6.92 Å². The van der Waals surface area contributed by atoms with Crippen LogP contribution in [0, 0.1) is 6.92 Å². The fourth-order valence-electron chi connectivity index (χ4n) is 2.74. The lowest BCUT2D eigenvalue weighted by atomic mass is 10.1. The lowest BCUT2D eigenvalue weighted by Gasteiger charge is -2.14. The molecule has 0 aliphatic heterocycles. The number of ether oxygens (including phenoxy) is 2. The maximum atomic E-state index is 12.7. The van der Waals surface area contributed by atoms with Gasteiger partial charge in [-0.1, -0.05) is 6.07 Å². The Kier molecular flexibility index (Phi) is 5.64. The summed E-state index contributed by atoms with van der Waals surface area (Å²) in [6.07, 6.45) is 1.44. The molecule has 2 aromatic carbocycles. The van der Waals surface area contributed by atoms with Crippen LogP contribution >= 0.6 is 0 Å². The molecule has 3 rings (SSSR count). The Bertz CT molecular complexity index is 974. The molecule has 0 aliphatic rings. The van der Waals surface area contributed by atoms with Gasteiger partial charge in [0.15, 0.2) is 5.76 Å². The van der Waals surface area contributed by atoms with Crippen molar-refractivity contribution in [2.45, 2.75) is 6.92 Å². The van der Waals surface area contributed by atoms with Gasteiger partial charge < -0.3 is 24.5 Å². The molecular weight excluding hydrogens is 360 g/mol. The predicted octanol–water partition coefficient (Wildman–Crippen LogP) is 4.11. The molecule has 0 saturated heterocycles. The molecule has 0 fully saturated rings. The van der Waals surface area contributed by atoms with Crippen molar-refractivity contribution >= 4 is 23.2 Å². The molecule has 0 spiro atoms. The summed E-state index contributed by atoms with van der Waals surface area (Å²) >= 11 is 0. The van der Waals surface area contributed by atoms with Crippen LogP contribution in [0.2, 0.25) is 0 Å². The van der Waals surface area contributed by atoms with Crippen molar-refractivity contribution in [3.05, 3.63) is 71.7 Å². The van der Waals surface area contributed by atoms with Crippen LogP contribution in [0.5, 0.6) is 11.5 Å². The molecule has 28 heavy (non-hydrogen) atoms. The Morgan fingerprint density at radius 1 is 0.893 bits per heavy atom. The van der Waals surface area contributed by atoms with E-state index < -0.39 is 0 Å². The summed E-state index contributed by atoms with van der Waals surface area (Å²) < 4.78 is 15.6. The molecule has 7 heteroatoms. The normalized spacial score (nSPS) is 10.2. The predicted molar refractivity (Wildman–Crippen MR) is 105 cm³/mol. The second kappa shape index (κ2) is 8.30. The smallest absolute Gasteiger partial charge is 0.291 e. The maximum absolute atomic E-state index is 12.7. The average Bonchev–Trinajstić information content (AvgIpc) is 3.24. The number of amides is 2. The van der Waals surface area contributed by atoms with Crippen molar-refractivity contribution in [2.75, 3.05) is 24.9 Å². The van der Waals surface area contributed by atoms with Gasteiger partial charge in [-0.3, -0.25) is 9.59 Å². The maximum Gasteiger partial charge on any atom is 0.291 e. The SMILES string of the molecule is COc1cccc(OC)c1C(=O)Nc1ccc(NC(=O)c2ccco2)c(C)c1. The first-order chi connectivity index (χ1) is 13.5. The summed E-state index contributed by atoms with van der Waals surface area (Å²) in [5.74, 6) is 0.344. The molecule has 7 nitrogen and oxygen atoms in total. The van der Waals surface area contributed by atoms with Gasteiger partial charge in [0.2, 0.25) is 0 Å². The van der Waals surface area contributed by atoms with Gasteiger partial charge >= 0.3 is 0 Å². The number of methoxy groups -OCH3 is 2. The quantitative estimate of drug-likeness (QED) is 0.672. The number of furan rings is 1. The Morgan fingerprint density at radius 2 is 1.61 bits per heavy atom. The highest BCUT2D eigenvalue weighted by Gasteiger charge is 2.18. The largest absolute Gasteiger partial charge is 0.496 e. The summed E-state index contributed by atoms with van der Waals surface area (Å²) in [4.78, 5) is 24.9. The highest BCUT2D eigenvalue weighted by Crippen LogP contribution is 2.29. The molecule has 0 atom stereocenters. The molecule has 1 heterocycles. The van der Waals surface area contributed by atoms with Crippen LogP contribution in [0.4, 0.5) is 11.4 Å². The molecule has 3 aromatic rings. The third-order valence-electron chi connectivity index (χ3n) is 4.13. The van der Waals surface area contributed by atoms with Crippen molar-refractivity contribution in [3.63, 3.8) is 0 Å². The second-order valence-electron chi connectivity index (χ2n) is 5.95. The summed E-state index contributed by atoms with van der Waals surface area (Å²) in [6.45, 7) is 1.83. The zero-order valence-corrected chi connectivity index (χ0v) is 15.7. The Hall–Kier alpha value is -3.74.